The highest BCUT2D eigenvalue weighted by atomic mass is 35.5. The van der Waals surface area contributed by atoms with Crippen LogP contribution in [-0.2, 0) is 9.53 Å². The summed E-state index contributed by atoms with van der Waals surface area (Å²) in [5, 5.41) is 0.739. The van der Waals surface area contributed by atoms with Crippen LogP contribution in [0.3, 0.4) is 0 Å². The van der Waals surface area contributed by atoms with E-state index in [1.165, 1.54) is 6.08 Å². The van der Waals surface area contributed by atoms with Gasteiger partial charge in [-0.3, -0.25) is 0 Å². The van der Waals surface area contributed by atoms with E-state index in [-0.39, 0.29) is 5.97 Å². The van der Waals surface area contributed by atoms with Gasteiger partial charge in [0.25, 0.3) is 0 Å². The molecule has 3 nitrogen and oxygen atoms in total. The third kappa shape index (κ3) is 4.89. The van der Waals surface area contributed by atoms with Crippen LogP contribution in [0.25, 0.3) is 0 Å². The molecule has 0 aliphatic carbocycles. The Labute approximate surface area is 125 Å². The summed E-state index contributed by atoms with van der Waals surface area (Å²) in [5.41, 5.74) is 2.03. The van der Waals surface area contributed by atoms with Gasteiger partial charge in [-0.15, -0.1) is 0 Å². The van der Waals surface area contributed by atoms with Gasteiger partial charge in [-0.25, -0.2) is 4.79 Å². The zero-order valence-electron chi connectivity index (χ0n) is 12.4. The summed E-state index contributed by atoms with van der Waals surface area (Å²) < 4.78 is 10.5. The highest BCUT2D eigenvalue weighted by Crippen LogP contribution is 2.31. The maximum absolute atomic E-state index is 11.1. The third-order valence-corrected chi connectivity index (χ3v) is 3.20. The van der Waals surface area contributed by atoms with Crippen LogP contribution in [0.2, 0.25) is 5.02 Å². The van der Waals surface area contributed by atoms with Crippen LogP contribution in [0.4, 0.5) is 0 Å². The maximum atomic E-state index is 11.1. The molecule has 110 valence electrons. The molecule has 0 aliphatic rings. The minimum atomic E-state index is -0.354. The molecule has 0 saturated carbocycles. The standard InChI is InChI=1S/C16H21ClO3/c1-5-19-16(18)7-6-8-20-15-9-12(4)14(17)10-13(15)11(2)3/h6-7,9-11H,5,8H2,1-4H3/b7-6+. The van der Waals surface area contributed by atoms with Crippen molar-refractivity contribution < 1.29 is 14.3 Å². The molecule has 0 saturated heterocycles. The topological polar surface area (TPSA) is 35.5 Å². The number of aryl methyl sites for hydroxylation is 1. The first-order valence-electron chi connectivity index (χ1n) is 6.71. The van der Waals surface area contributed by atoms with E-state index in [9.17, 15) is 4.79 Å². The molecule has 0 spiro atoms. The van der Waals surface area contributed by atoms with Crippen LogP contribution in [0.15, 0.2) is 24.3 Å². The molecule has 0 heterocycles. The molecule has 0 aromatic heterocycles. The third-order valence-electron chi connectivity index (χ3n) is 2.79. The van der Waals surface area contributed by atoms with Gasteiger partial charge in [-0.05, 0) is 49.1 Å². The van der Waals surface area contributed by atoms with Crippen LogP contribution in [-0.4, -0.2) is 19.2 Å². The van der Waals surface area contributed by atoms with E-state index in [1.807, 2.05) is 19.1 Å². The van der Waals surface area contributed by atoms with Crippen molar-refractivity contribution in [2.24, 2.45) is 0 Å². The Kier molecular flexibility index (Phi) is 6.59. The number of carbonyl (C=O) groups excluding carboxylic acids is 1. The second kappa shape index (κ2) is 7.95. The van der Waals surface area contributed by atoms with Gasteiger partial charge >= 0.3 is 5.97 Å². The quantitative estimate of drug-likeness (QED) is 0.581. The molecule has 0 radical (unpaired) electrons. The molecule has 1 rings (SSSR count). The first-order chi connectivity index (χ1) is 9.45. The Morgan fingerprint density at radius 1 is 1.40 bits per heavy atom. The summed E-state index contributed by atoms with van der Waals surface area (Å²) >= 11 is 6.14. The molecule has 0 bridgehead atoms. The number of halogens is 1. The van der Waals surface area contributed by atoms with E-state index in [1.54, 1.807) is 13.0 Å². The number of hydrogen-bond acceptors (Lipinski definition) is 3. The van der Waals surface area contributed by atoms with Crippen LogP contribution in [0, 0.1) is 6.92 Å². The van der Waals surface area contributed by atoms with Crippen LogP contribution < -0.4 is 4.74 Å². The highest BCUT2D eigenvalue weighted by molar-refractivity contribution is 6.31. The monoisotopic (exact) mass is 296 g/mol. The zero-order valence-corrected chi connectivity index (χ0v) is 13.2. The summed E-state index contributed by atoms with van der Waals surface area (Å²) in [5.74, 6) is 0.764. The lowest BCUT2D eigenvalue weighted by Crippen LogP contribution is -2.03. The second-order valence-electron chi connectivity index (χ2n) is 4.76. The van der Waals surface area contributed by atoms with Crippen molar-refractivity contribution >= 4 is 17.6 Å². The number of carbonyl (C=O) groups is 1. The summed E-state index contributed by atoms with van der Waals surface area (Å²) in [6, 6.07) is 3.86. The van der Waals surface area contributed by atoms with Gasteiger partial charge in [-0.2, -0.15) is 0 Å². The van der Waals surface area contributed by atoms with Crippen molar-refractivity contribution in [2.45, 2.75) is 33.6 Å². The van der Waals surface area contributed by atoms with Crippen molar-refractivity contribution in [1.82, 2.24) is 0 Å². The minimum Gasteiger partial charge on any atom is -0.489 e. The largest absolute Gasteiger partial charge is 0.489 e. The maximum Gasteiger partial charge on any atom is 0.330 e. The lowest BCUT2D eigenvalue weighted by Gasteiger charge is -2.15. The van der Waals surface area contributed by atoms with Crippen molar-refractivity contribution in [1.29, 1.82) is 0 Å². The Morgan fingerprint density at radius 3 is 2.70 bits per heavy atom. The van der Waals surface area contributed by atoms with Gasteiger partial charge in [-0.1, -0.05) is 25.4 Å². The summed E-state index contributed by atoms with van der Waals surface area (Å²) in [4.78, 5) is 11.1. The molecule has 4 heteroatoms. The highest BCUT2D eigenvalue weighted by Gasteiger charge is 2.10. The Bertz CT molecular complexity index is 493. The fourth-order valence-corrected chi connectivity index (χ4v) is 1.89. The molecule has 0 fully saturated rings. The van der Waals surface area contributed by atoms with Gasteiger partial charge in [0.05, 0.1) is 6.61 Å². The molecule has 0 N–H and O–H groups in total. The number of esters is 1. The normalized spacial score (nSPS) is 11.1. The Balaban J connectivity index is 2.72. The number of hydrogen-bond donors (Lipinski definition) is 0. The molecular formula is C16H21ClO3. The van der Waals surface area contributed by atoms with Crippen molar-refractivity contribution in [3.8, 4) is 5.75 Å². The lowest BCUT2D eigenvalue weighted by atomic mass is 10.0. The predicted molar refractivity (Wildman–Crippen MR) is 81.5 cm³/mol. The second-order valence-corrected chi connectivity index (χ2v) is 5.17. The van der Waals surface area contributed by atoms with E-state index in [4.69, 9.17) is 21.1 Å². The lowest BCUT2D eigenvalue weighted by molar-refractivity contribution is -0.137. The number of benzene rings is 1. The molecule has 0 unspecified atom stereocenters. The van der Waals surface area contributed by atoms with Crippen LogP contribution in [0.5, 0.6) is 5.75 Å². The molecule has 20 heavy (non-hydrogen) atoms. The first-order valence-corrected chi connectivity index (χ1v) is 7.09. The first kappa shape index (κ1) is 16.6. The Morgan fingerprint density at radius 2 is 2.10 bits per heavy atom. The van der Waals surface area contributed by atoms with E-state index in [0.717, 1.165) is 21.9 Å². The van der Waals surface area contributed by atoms with Gasteiger partial charge in [0.15, 0.2) is 0 Å². The molecule has 0 aliphatic heterocycles. The predicted octanol–water partition coefficient (Wildman–Crippen LogP) is 4.27. The van der Waals surface area contributed by atoms with Gasteiger partial charge in [0, 0.05) is 11.1 Å². The van der Waals surface area contributed by atoms with Crippen molar-refractivity contribution in [3.05, 3.63) is 40.4 Å². The molecule has 0 atom stereocenters. The van der Waals surface area contributed by atoms with Crippen LogP contribution in [0.1, 0.15) is 37.8 Å². The number of rotatable bonds is 6. The SMILES string of the molecule is CCOC(=O)/C=C/COc1cc(C)c(Cl)cc1C(C)C. The van der Waals surface area contributed by atoms with Crippen LogP contribution >= 0.6 is 11.6 Å². The smallest absolute Gasteiger partial charge is 0.330 e. The summed E-state index contributed by atoms with van der Waals surface area (Å²) in [6.07, 6.45) is 3.02. The Hall–Kier alpha value is -1.48. The minimum absolute atomic E-state index is 0.317. The number of ether oxygens (including phenoxy) is 2. The summed E-state index contributed by atoms with van der Waals surface area (Å²) in [7, 11) is 0. The molecule has 0 amide bonds. The fourth-order valence-electron chi connectivity index (χ4n) is 1.72. The van der Waals surface area contributed by atoms with E-state index in [0.29, 0.717) is 19.1 Å². The average molecular weight is 297 g/mol. The van der Waals surface area contributed by atoms with Crippen molar-refractivity contribution in [2.75, 3.05) is 13.2 Å². The average Bonchev–Trinajstić information content (AvgIpc) is 2.38. The summed E-state index contributed by atoms with van der Waals surface area (Å²) in [6.45, 7) is 8.57. The fraction of sp³-hybridized carbons (Fsp3) is 0.438. The van der Waals surface area contributed by atoms with Gasteiger partial charge in [0.1, 0.15) is 12.4 Å². The van der Waals surface area contributed by atoms with E-state index in [2.05, 4.69) is 13.8 Å². The van der Waals surface area contributed by atoms with E-state index >= 15 is 0 Å². The molecule has 1 aromatic carbocycles. The van der Waals surface area contributed by atoms with E-state index < -0.39 is 0 Å². The molecule has 1 aromatic rings. The zero-order chi connectivity index (χ0) is 15.1. The van der Waals surface area contributed by atoms with Crippen molar-refractivity contribution in [3.63, 3.8) is 0 Å². The molecular weight excluding hydrogens is 276 g/mol. The van der Waals surface area contributed by atoms with Gasteiger partial charge < -0.3 is 9.47 Å². The van der Waals surface area contributed by atoms with Gasteiger partial charge in [0.2, 0.25) is 0 Å².